The number of nitrogens with zero attached hydrogens (tertiary/aromatic N) is 3. The topological polar surface area (TPSA) is 165 Å². The fourth-order valence-corrected chi connectivity index (χ4v) is 3.82. The Kier molecular flexibility index (Phi) is 9.82. The van der Waals surface area contributed by atoms with Crippen LogP contribution in [-0.4, -0.2) is 35.7 Å². The number of hydrogen-bond donors (Lipinski definition) is 1. The molecule has 0 aromatic heterocycles. The number of nitro groups is 2. The number of benzene rings is 4. The van der Waals surface area contributed by atoms with Gasteiger partial charge in [0.1, 0.15) is 6.61 Å². The van der Waals surface area contributed by atoms with E-state index < -0.39 is 27.1 Å². The van der Waals surface area contributed by atoms with Crippen LogP contribution in [0, 0.1) is 20.2 Å². The van der Waals surface area contributed by atoms with Crippen molar-refractivity contribution in [3.05, 3.63) is 122 Å². The first-order valence-corrected chi connectivity index (χ1v) is 12.8. The zero-order chi connectivity index (χ0) is 30.8. The molecule has 0 aliphatic rings. The predicted molar refractivity (Wildman–Crippen MR) is 156 cm³/mol. The van der Waals surface area contributed by atoms with Crippen LogP contribution in [0.4, 0.5) is 11.4 Å². The van der Waals surface area contributed by atoms with Gasteiger partial charge in [-0.2, -0.15) is 5.10 Å². The first-order chi connectivity index (χ1) is 20.8. The van der Waals surface area contributed by atoms with E-state index in [0.717, 1.165) is 23.8 Å². The number of rotatable bonds is 13. The molecule has 1 amide bonds. The smallest absolute Gasteiger partial charge is 0.318 e. The molecule has 4 rings (SSSR count). The zero-order valence-electron chi connectivity index (χ0n) is 23.1. The van der Waals surface area contributed by atoms with E-state index in [1.54, 1.807) is 24.3 Å². The second kappa shape index (κ2) is 14.1. The number of non-ortho nitro benzene ring substituents is 1. The maximum Gasteiger partial charge on any atom is 0.318 e. The van der Waals surface area contributed by atoms with Crippen molar-refractivity contribution in [1.29, 1.82) is 0 Å². The highest BCUT2D eigenvalue weighted by Gasteiger charge is 2.22. The largest absolute Gasteiger partial charge is 0.493 e. The van der Waals surface area contributed by atoms with Crippen molar-refractivity contribution in [2.24, 2.45) is 5.10 Å². The summed E-state index contributed by atoms with van der Waals surface area (Å²) in [7, 11) is 1.37. The van der Waals surface area contributed by atoms with Gasteiger partial charge in [-0.15, -0.1) is 0 Å². The van der Waals surface area contributed by atoms with Gasteiger partial charge >= 0.3 is 5.69 Å². The number of methoxy groups -OCH3 is 1. The number of carbonyl (C=O) groups is 1. The number of ether oxygens (including phenoxy) is 4. The number of carbonyl (C=O) groups excluding carboxylic acids is 1. The molecule has 0 unspecified atom stereocenters. The third-order valence-corrected chi connectivity index (χ3v) is 5.88. The third kappa shape index (κ3) is 7.82. The maximum atomic E-state index is 12.8. The lowest BCUT2D eigenvalue weighted by molar-refractivity contribution is -0.394. The van der Waals surface area contributed by atoms with Gasteiger partial charge in [0.25, 0.3) is 11.6 Å². The molecule has 0 radical (unpaired) electrons. The van der Waals surface area contributed by atoms with Crippen LogP contribution in [0.15, 0.2) is 90.0 Å². The van der Waals surface area contributed by atoms with Crippen molar-refractivity contribution < 1.29 is 33.6 Å². The summed E-state index contributed by atoms with van der Waals surface area (Å²) in [5.41, 5.74) is 3.24. The summed E-state index contributed by atoms with van der Waals surface area (Å²) >= 11 is 0. The van der Waals surface area contributed by atoms with Gasteiger partial charge in [-0.05, 0) is 60.5 Å². The molecule has 43 heavy (non-hydrogen) atoms. The van der Waals surface area contributed by atoms with Gasteiger partial charge in [0.2, 0.25) is 5.75 Å². The maximum absolute atomic E-state index is 12.8. The van der Waals surface area contributed by atoms with E-state index in [1.165, 1.54) is 25.5 Å². The molecule has 4 aromatic rings. The second-order valence-corrected chi connectivity index (χ2v) is 8.75. The van der Waals surface area contributed by atoms with Crippen molar-refractivity contribution in [2.45, 2.75) is 13.5 Å². The highest BCUT2D eigenvalue weighted by atomic mass is 16.6. The molecule has 0 spiro atoms. The molecule has 4 aromatic carbocycles. The number of amides is 1. The van der Waals surface area contributed by atoms with Crippen molar-refractivity contribution in [1.82, 2.24) is 5.43 Å². The van der Waals surface area contributed by atoms with Gasteiger partial charge in [-0.3, -0.25) is 25.0 Å². The summed E-state index contributed by atoms with van der Waals surface area (Å²) in [4.78, 5) is 33.7. The highest BCUT2D eigenvalue weighted by molar-refractivity contribution is 5.95. The Labute approximate surface area is 245 Å². The van der Waals surface area contributed by atoms with E-state index in [-0.39, 0.29) is 17.2 Å². The first kappa shape index (κ1) is 30.0. The molecule has 0 aliphatic heterocycles. The van der Waals surface area contributed by atoms with Crippen molar-refractivity contribution >= 4 is 23.5 Å². The van der Waals surface area contributed by atoms with Crippen LogP contribution in [0.5, 0.6) is 28.7 Å². The van der Waals surface area contributed by atoms with Crippen LogP contribution < -0.4 is 24.4 Å². The van der Waals surface area contributed by atoms with Crippen LogP contribution >= 0.6 is 0 Å². The molecule has 0 bridgehead atoms. The molecule has 0 saturated heterocycles. The normalized spacial score (nSPS) is 10.7. The number of hydrazone groups is 1. The number of nitrogens with one attached hydrogen (secondary N) is 1. The number of hydrogen-bond acceptors (Lipinski definition) is 10. The lowest BCUT2D eigenvalue weighted by Gasteiger charge is -2.13. The molecule has 0 aliphatic carbocycles. The SMILES string of the molecule is CCOc1cc(C(=O)N/N=C/c2ccc(Oc3ccc([N+](=O)[O-])cc3[N+](=O)[O-])c(OC)c2)ccc1OCc1ccccc1. The fraction of sp³-hybridized carbons (Fsp3) is 0.133. The first-order valence-electron chi connectivity index (χ1n) is 12.8. The summed E-state index contributed by atoms with van der Waals surface area (Å²) in [5, 5.41) is 26.4. The summed E-state index contributed by atoms with van der Waals surface area (Å²) in [6.45, 7) is 2.55. The zero-order valence-corrected chi connectivity index (χ0v) is 23.1. The summed E-state index contributed by atoms with van der Waals surface area (Å²) in [6, 6.07) is 22.1. The van der Waals surface area contributed by atoms with Gasteiger partial charge in [0.05, 0.1) is 35.8 Å². The lowest BCUT2D eigenvalue weighted by atomic mass is 10.2. The minimum Gasteiger partial charge on any atom is -0.493 e. The Morgan fingerprint density at radius 2 is 1.58 bits per heavy atom. The molecule has 0 fully saturated rings. The van der Waals surface area contributed by atoms with Gasteiger partial charge < -0.3 is 18.9 Å². The average molecular weight is 587 g/mol. The summed E-state index contributed by atoms with van der Waals surface area (Å²) in [5.74, 6) is 0.562. The van der Waals surface area contributed by atoms with Gasteiger partial charge in [-0.25, -0.2) is 5.43 Å². The molecule has 0 atom stereocenters. The minimum atomic E-state index is -0.777. The molecule has 0 saturated carbocycles. The quantitative estimate of drug-likeness (QED) is 0.112. The van der Waals surface area contributed by atoms with E-state index in [1.807, 2.05) is 37.3 Å². The fourth-order valence-electron chi connectivity index (χ4n) is 3.82. The highest BCUT2D eigenvalue weighted by Crippen LogP contribution is 2.38. The Morgan fingerprint density at radius 1 is 0.837 bits per heavy atom. The molecule has 13 heteroatoms. The van der Waals surface area contributed by atoms with Crippen LogP contribution in [-0.2, 0) is 6.61 Å². The van der Waals surface area contributed by atoms with Gasteiger partial charge in [0, 0.05) is 11.6 Å². The Balaban J connectivity index is 1.43. The standard InChI is InChI=1S/C30H26N4O9/c1-3-41-29-16-22(10-13-26(29)42-19-20-7-5-4-6-8-20)30(35)32-31-18-21-9-12-27(28(15-21)40-2)43-25-14-11-23(33(36)37)17-24(25)34(38)39/h4-18H,3,19H2,1-2H3,(H,32,35)/b31-18+. The van der Waals surface area contributed by atoms with E-state index >= 15 is 0 Å². The van der Waals surface area contributed by atoms with Crippen LogP contribution in [0.2, 0.25) is 0 Å². The number of nitro benzene ring substituents is 2. The van der Waals surface area contributed by atoms with Crippen molar-refractivity contribution in [3.8, 4) is 28.7 Å². The van der Waals surface area contributed by atoms with Gasteiger partial charge in [-0.1, -0.05) is 30.3 Å². The van der Waals surface area contributed by atoms with E-state index in [2.05, 4.69) is 10.5 Å². The second-order valence-electron chi connectivity index (χ2n) is 8.75. The Hall–Kier alpha value is -5.98. The molecule has 1 N–H and O–H groups in total. The molecular formula is C30H26N4O9. The average Bonchev–Trinajstić information content (AvgIpc) is 3.01. The predicted octanol–water partition coefficient (Wildman–Crippen LogP) is 6.05. The van der Waals surface area contributed by atoms with E-state index in [4.69, 9.17) is 18.9 Å². The van der Waals surface area contributed by atoms with Crippen LogP contribution in [0.25, 0.3) is 0 Å². The van der Waals surface area contributed by atoms with E-state index in [0.29, 0.717) is 35.8 Å². The molecular weight excluding hydrogens is 560 g/mol. The van der Waals surface area contributed by atoms with Crippen molar-refractivity contribution in [3.63, 3.8) is 0 Å². The monoisotopic (exact) mass is 586 g/mol. The molecule has 13 nitrogen and oxygen atoms in total. The van der Waals surface area contributed by atoms with Crippen molar-refractivity contribution in [2.75, 3.05) is 13.7 Å². The van der Waals surface area contributed by atoms with Crippen LogP contribution in [0.1, 0.15) is 28.4 Å². The van der Waals surface area contributed by atoms with Gasteiger partial charge in [0.15, 0.2) is 23.0 Å². The minimum absolute atomic E-state index is 0.124. The Bertz CT molecular complexity index is 1660. The Morgan fingerprint density at radius 3 is 2.28 bits per heavy atom. The third-order valence-electron chi connectivity index (χ3n) is 5.88. The summed E-state index contributed by atoms with van der Waals surface area (Å²) < 4.78 is 22.5. The lowest BCUT2D eigenvalue weighted by Crippen LogP contribution is -2.17. The summed E-state index contributed by atoms with van der Waals surface area (Å²) in [6.07, 6.45) is 1.37. The molecule has 220 valence electrons. The molecule has 0 heterocycles. The van der Waals surface area contributed by atoms with E-state index in [9.17, 15) is 25.0 Å². The van der Waals surface area contributed by atoms with Crippen LogP contribution in [0.3, 0.4) is 0 Å².